The maximum atomic E-state index is 6.34. The summed E-state index contributed by atoms with van der Waals surface area (Å²) in [5.74, 6) is 3.73. The molecule has 3 heterocycles. The number of rotatable bonds is 6. The van der Waals surface area contributed by atoms with Crippen LogP contribution in [0.3, 0.4) is 0 Å². The van der Waals surface area contributed by atoms with Gasteiger partial charge in [0.15, 0.2) is 0 Å². The predicted octanol–water partition coefficient (Wildman–Crippen LogP) is 10.7. The highest BCUT2D eigenvalue weighted by Crippen LogP contribution is 2.38. The van der Waals surface area contributed by atoms with Crippen LogP contribution in [0.25, 0.3) is 38.8 Å². The maximum Gasteiger partial charge on any atom is 0.219 e. The quantitative estimate of drug-likeness (QED) is 0.202. The summed E-state index contributed by atoms with van der Waals surface area (Å²) in [6, 6.07) is 32.7. The first-order valence-electron chi connectivity index (χ1n) is 16.0. The highest BCUT2D eigenvalue weighted by molar-refractivity contribution is 6.10. The average molecular weight is 564 g/mol. The Bertz CT molecular complexity index is 1910. The van der Waals surface area contributed by atoms with E-state index in [1.165, 1.54) is 90.7 Å². The van der Waals surface area contributed by atoms with Crippen molar-refractivity contribution in [3.8, 4) is 28.6 Å². The van der Waals surface area contributed by atoms with Crippen molar-refractivity contribution in [1.82, 2.24) is 14.5 Å². The monoisotopic (exact) mass is 563 g/mol. The van der Waals surface area contributed by atoms with E-state index in [2.05, 4.69) is 94.5 Å². The van der Waals surface area contributed by atoms with E-state index >= 15 is 0 Å². The molecule has 3 aromatic heterocycles. The lowest BCUT2D eigenvalue weighted by Gasteiger charge is -2.22. The summed E-state index contributed by atoms with van der Waals surface area (Å²) in [4.78, 5) is 9.44. The van der Waals surface area contributed by atoms with Gasteiger partial charge < -0.3 is 4.74 Å². The van der Waals surface area contributed by atoms with Crippen LogP contribution in [0, 0.1) is 0 Å². The van der Waals surface area contributed by atoms with E-state index in [-0.39, 0.29) is 0 Å². The Labute approximate surface area is 253 Å². The summed E-state index contributed by atoms with van der Waals surface area (Å²) in [6.07, 6.45) is 15.6. The van der Waals surface area contributed by atoms with Gasteiger partial charge in [0.2, 0.25) is 5.88 Å². The molecule has 0 N–H and O–H groups in total. The van der Waals surface area contributed by atoms with Gasteiger partial charge in [-0.25, -0.2) is 9.97 Å². The zero-order chi connectivity index (χ0) is 28.6. The van der Waals surface area contributed by atoms with Gasteiger partial charge in [-0.3, -0.25) is 4.57 Å². The number of fused-ring (bicyclic) bond motifs is 3. The number of benzene rings is 3. The Hall–Kier alpha value is -4.44. The molecule has 0 saturated heterocycles. The molecule has 2 saturated carbocycles. The molecule has 214 valence electrons. The van der Waals surface area contributed by atoms with Gasteiger partial charge in [-0.1, -0.05) is 74.6 Å². The summed E-state index contributed by atoms with van der Waals surface area (Å²) < 4.78 is 8.68. The van der Waals surface area contributed by atoms with Crippen LogP contribution < -0.4 is 4.74 Å². The molecule has 43 heavy (non-hydrogen) atoms. The van der Waals surface area contributed by atoms with Crippen LogP contribution >= 0.6 is 0 Å². The highest BCUT2D eigenvalue weighted by Gasteiger charge is 2.20. The number of para-hydroxylation sites is 1. The summed E-state index contributed by atoms with van der Waals surface area (Å²) in [5.41, 5.74) is 7.39. The van der Waals surface area contributed by atoms with Crippen LogP contribution in [0.5, 0.6) is 11.6 Å². The molecular formula is C39H37N3O. The van der Waals surface area contributed by atoms with Crippen molar-refractivity contribution in [2.75, 3.05) is 0 Å². The van der Waals surface area contributed by atoms with Crippen LogP contribution in [0.1, 0.15) is 80.8 Å². The molecule has 6 aromatic rings. The first-order valence-corrected chi connectivity index (χ1v) is 16.0. The fraction of sp³-hybridized carbons (Fsp3) is 0.282. The van der Waals surface area contributed by atoms with Gasteiger partial charge in [-0.05, 0) is 102 Å². The van der Waals surface area contributed by atoms with Crippen molar-refractivity contribution >= 4 is 21.8 Å². The molecule has 8 rings (SSSR count). The average Bonchev–Trinajstić information content (AvgIpc) is 3.72. The van der Waals surface area contributed by atoms with Crippen LogP contribution in [-0.2, 0) is 0 Å². The van der Waals surface area contributed by atoms with E-state index < -0.39 is 0 Å². The fourth-order valence-corrected chi connectivity index (χ4v) is 7.50. The zero-order valence-electron chi connectivity index (χ0n) is 24.6. The Morgan fingerprint density at radius 2 is 1.26 bits per heavy atom. The molecule has 0 aliphatic heterocycles. The molecule has 4 heteroatoms. The van der Waals surface area contributed by atoms with E-state index in [1.807, 2.05) is 18.5 Å². The van der Waals surface area contributed by atoms with Gasteiger partial charge in [-0.2, -0.15) is 0 Å². The van der Waals surface area contributed by atoms with Crippen molar-refractivity contribution in [3.05, 3.63) is 115 Å². The first-order chi connectivity index (χ1) is 21.3. The van der Waals surface area contributed by atoms with Crippen molar-refractivity contribution < 1.29 is 4.74 Å². The SMILES string of the molecule is c1cc(Oc2cc(C3CCCCC3)ccn2)cc(-c2ccc3c4ccccc4n(-c4cc(C5CCCC5)ccn4)c3c2)c1. The minimum atomic E-state index is 0.622. The third-order valence-electron chi connectivity index (χ3n) is 9.72. The molecule has 0 atom stereocenters. The normalized spacial score (nSPS) is 16.3. The Balaban J connectivity index is 1.16. The number of aromatic nitrogens is 3. The third kappa shape index (κ3) is 5.09. The van der Waals surface area contributed by atoms with Gasteiger partial charge in [-0.15, -0.1) is 0 Å². The summed E-state index contributed by atoms with van der Waals surface area (Å²) in [5, 5.41) is 2.49. The number of pyridine rings is 2. The van der Waals surface area contributed by atoms with Crippen LogP contribution in [0.4, 0.5) is 0 Å². The van der Waals surface area contributed by atoms with Gasteiger partial charge in [0, 0.05) is 29.2 Å². The maximum absolute atomic E-state index is 6.34. The van der Waals surface area contributed by atoms with Crippen molar-refractivity contribution in [2.24, 2.45) is 0 Å². The van der Waals surface area contributed by atoms with Crippen LogP contribution in [0.15, 0.2) is 103 Å². The second kappa shape index (κ2) is 11.3. The molecular weight excluding hydrogens is 526 g/mol. The Morgan fingerprint density at radius 1 is 0.558 bits per heavy atom. The van der Waals surface area contributed by atoms with Gasteiger partial charge in [0.05, 0.1) is 11.0 Å². The van der Waals surface area contributed by atoms with Crippen molar-refractivity contribution in [1.29, 1.82) is 0 Å². The molecule has 0 bridgehead atoms. The van der Waals surface area contributed by atoms with Gasteiger partial charge in [0.25, 0.3) is 0 Å². The van der Waals surface area contributed by atoms with E-state index in [9.17, 15) is 0 Å². The Morgan fingerprint density at radius 3 is 2.09 bits per heavy atom. The van der Waals surface area contributed by atoms with Gasteiger partial charge >= 0.3 is 0 Å². The zero-order valence-corrected chi connectivity index (χ0v) is 24.6. The fourth-order valence-electron chi connectivity index (χ4n) is 7.50. The molecule has 2 fully saturated rings. The smallest absolute Gasteiger partial charge is 0.219 e. The lowest BCUT2D eigenvalue weighted by molar-refractivity contribution is 0.435. The number of ether oxygens (including phenoxy) is 1. The number of nitrogens with zero attached hydrogens (tertiary/aromatic N) is 3. The first kappa shape index (κ1) is 26.2. The third-order valence-corrected chi connectivity index (χ3v) is 9.72. The van der Waals surface area contributed by atoms with Gasteiger partial charge in [0.1, 0.15) is 11.6 Å². The molecule has 4 nitrogen and oxygen atoms in total. The molecule has 3 aromatic carbocycles. The predicted molar refractivity (Wildman–Crippen MR) is 175 cm³/mol. The van der Waals surface area contributed by atoms with E-state index in [1.54, 1.807) is 0 Å². The van der Waals surface area contributed by atoms with Crippen LogP contribution in [-0.4, -0.2) is 14.5 Å². The molecule has 2 aliphatic rings. The molecule has 2 aliphatic carbocycles. The lowest BCUT2D eigenvalue weighted by atomic mass is 9.84. The van der Waals surface area contributed by atoms with Crippen LogP contribution in [0.2, 0.25) is 0 Å². The molecule has 0 radical (unpaired) electrons. The molecule has 0 spiro atoms. The second-order valence-corrected chi connectivity index (χ2v) is 12.4. The van der Waals surface area contributed by atoms with Crippen molar-refractivity contribution in [3.63, 3.8) is 0 Å². The topological polar surface area (TPSA) is 39.9 Å². The highest BCUT2D eigenvalue weighted by atomic mass is 16.5. The largest absolute Gasteiger partial charge is 0.439 e. The Kier molecular flexibility index (Phi) is 6.91. The minimum absolute atomic E-state index is 0.622. The minimum Gasteiger partial charge on any atom is -0.439 e. The molecule has 0 unspecified atom stereocenters. The van der Waals surface area contributed by atoms with E-state index in [4.69, 9.17) is 9.72 Å². The lowest BCUT2D eigenvalue weighted by Crippen LogP contribution is -2.04. The number of hydrogen-bond acceptors (Lipinski definition) is 3. The van der Waals surface area contributed by atoms with E-state index in [0.29, 0.717) is 17.7 Å². The molecule has 0 amide bonds. The summed E-state index contributed by atoms with van der Waals surface area (Å²) >= 11 is 0. The summed E-state index contributed by atoms with van der Waals surface area (Å²) in [7, 11) is 0. The summed E-state index contributed by atoms with van der Waals surface area (Å²) in [6.45, 7) is 0. The van der Waals surface area contributed by atoms with E-state index in [0.717, 1.165) is 22.7 Å². The van der Waals surface area contributed by atoms with Crippen molar-refractivity contribution in [2.45, 2.75) is 69.6 Å². The second-order valence-electron chi connectivity index (χ2n) is 12.4. The number of hydrogen-bond donors (Lipinski definition) is 0. The standard InChI is InChI=1S/C39H37N3O/c1-2-9-28(10-3-1)32-20-22-41-39(26-32)43-33-14-8-13-29(23-33)30-17-18-35-34-15-6-7-16-36(34)42(37(35)24-30)38-25-31(19-21-40-38)27-11-4-5-12-27/h6-8,13-28H,1-5,9-12H2.